The predicted octanol–water partition coefficient (Wildman–Crippen LogP) is 2.17. The third kappa shape index (κ3) is 3.61. The Labute approximate surface area is 114 Å². The monoisotopic (exact) mass is 268 g/mol. The van der Waals surface area contributed by atoms with Crippen molar-refractivity contribution in [2.45, 2.75) is 51.5 Å². The second-order valence-corrected chi connectivity index (χ2v) is 5.68. The third-order valence-electron chi connectivity index (χ3n) is 4.03. The van der Waals surface area contributed by atoms with Crippen LogP contribution in [-0.4, -0.2) is 52.6 Å². The minimum Gasteiger partial charge on any atom is -0.481 e. The van der Waals surface area contributed by atoms with E-state index in [-0.39, 0.29) is 11.9 Å². The largest absolute Gasteiger partial charge is 0.481 e. The fourth-order valence-corrected chi connectivity index (χ4v) is 2.68. The molecule has 2 amide bonds. The molecule has 0 bridgehead atoms. The zero-order valence-electron chi connectivity index (χ0n) is 11.7. The number of amides is 2. The number of likely N-dealkylation sites (tertiary alicyclic amines) is 1. The van der Waals surface area contributed by atoms with Gasteiger partial charge in [-0.2, -0.15) is 0 Å². The van der Waals surface area contributed by atoms with Crippen molar-refractivity contribution in [3.8, 4) is 0 Å². The molecular weight excluding hydrogens is 244 g/mol. The average molecular weight is 268 g/mol. The molecule has 5 heteroatoms. The summed E-state index contributed by atoms with van der Waals surface area (Å²) in [4.78, 5) is 27.3. The van der Waals surface area contributed by atoms with E-state index in [9.17, 15) is 9.59 Å². The van der Waals surface area contributed by atoms with E-state index in [2.05, 4.69) is 6.92 Å². The van der Waals surface area contributed by atoms with Crippen molar-refractivity contribution in [3.05, 3.63) is 0 Å². The second-order valence-electron chi connectivity index (χ2n) is 5.68. The highest BCUT2D eigenvalue weighted by Crippen LogP contribution is 2.29. The van der Waals surface area contributed by atoms with Gasteiger partial charge in [-0.25, -0.2) is 4.79 Å². The van der Waals surface area contributed by atoms with Gasteiger partial charge < -0.3 is 14.9 Å². The number of carboxylic acid groups (broad SMARTS) is 1. The van der Waals surface area contributed by atoms with Gasteiger partial charge in [-0.15, -0.1) is 0 Å². The number of hydrogen-bond donors (Lipinski definition) is 1. The molecule has 1 saturated carbocycles. The smallest absolute Gasteiger partial charge is 0.320 e. The summed E-state index contributed by atoms with van der Waals surface area (Å²) >= 11 is 0. The van der Waals surface area contributed by atoms with E-state index >= 15 is 0 Å². The first-order chi connectivity index (χ1) is 9.13. The highest BCUT2D eigenvalue weighted by atomic mass is 16.4. The quantitative estimate of drug-likeness (QED) is 0.831. The van der Waals surface area contributed by atoms with Crippen molar-refractivity contribution in [2.75, 3.05) is 19.6 Å². The van der Waals surface area contributed by atoms with Gasteiger partial charge in [0, 0.05) is 25.7 Å². The molecule has 1 saturated heterocycles. The van der Waals surface area contributed by atoms with E-state index < -0.39 is 5.97 Å². The Balaban J connectivity index is 1.94. The van der Waals surface area contributed by atoms with Gasteiger partial charge in [0.25, 0.3) is 0 Å². The molecule has 1 aliphatic carbocycles. The number of unbranched alkanes of at least 4 members (excludes halogenated alkanes) is 1. The van der Waals surface area contributed by atoms with Crippen LogP contribution in [0.25, 0.3) is 0 Å². The molecule has 0 aromatic rings. The lowest BCUT2D eigenvalue weighted by atomic mass is 9.98. The van der Waals surface area contributed by atoms with Crippen LogP contribution in [0.5, 0.6) is 0 Å². The van der Waals surface area contributed by atoms with Gasteiger partial charge in [-0.3, -0.25) is 4.79 Å². The standard InChI is InChI=1S/C14H24N2O3/c1-2-3-9-16(12-6-7-12)14(19)15-8-4-5-11(10-15)13(17)18/h11-12H,2-10H2,1H3,(H,17,18)/t11-/m1/s1. The van der Waals surface area contributed by atoms with Crippen LogP contribution in [0.3, 0.4) is 0 Å². The SMILES string of the molecule is CCCCN(C(=O)N1CCC[C@@H](C(=O)O)C1)C1CC1. The van der Waals surface area contributed by atoms with Crippen LogP contribution in [0, 0.1) is 5.92 Å². The number of urea groups is 1. The zero-order valence-corrected chi connectivity index (χ0v) is 11.7. The first-order valence-corrected chi connectivity index (χ1v) is 7.41. The molecule has 2 aliphatic rings. The lowest BCUT2D eigenvalue weighted by molar-refractivity contribution is -0.143. The molecule has 0 radical (unpaired) electrons. The minimum absolute atomic E-state index is 0.0573. The molecule has 1 N–H and O–H groups in total. The summed E-state index contributed by atoms with van der Waals surface area (Å²) < 4.78 is 0. The molecule has 0 unspecified atom stereocenters. The van der Waals surface area contributed by atoms with E-state index in [1.165, 1.54) is 0 Å². The van der Waals surface area contributed by atoms with E-state index in [1.54, 1.807) is 4.90 Å². The van der Waals surface area contributed by atoms with Gasteiger partial charge >= 0.3 is 12.0 Å². The molecule has 0 aromatic carbocycles. The van der Waals surface area contributed by atoms with Gasteiger partial charge in [0.05, 0.1) is 5.92 Å². The number of carbonyl (C=O) groups is 2. The molecule has 1 atom stereocenters. The van der Waals surface area contributed by atoms with Crippen molar-refractivity contribution >= 4 is 12.0 Å². The fraction of sp³-hybridized carbons (Fsp3) is 0.857. The lowest BCUT2D eigenvalue weighted by Gasteiger charge is -2.35. The summed E-state index contributed by atoms with van der Waals surface area (Å²) in [6.07, 6.45) is 5.80. The van der Waals surface area contributed by atoms with Crippen molar-refractivity contribution in [1.29, 1.82) is 0 Å². The lowest BCUT2D eigenvalue weighted by Crippen LogP contribution is -2.49. The number of nitrogens with zero attached hydrogens (tertiary/aromatic N) is 2. The summed E-state index contributed by atoms with van der Waals surface area (Å²) in [7, 11) is 0. The summed E-state index contributed by atoms with van der Waals surface area (Å²) in [6.45, 7) is 4.02. The van der Waals surface area contributed by atoms with Crippen molar-refractivity contribution < 1.29 is 14.7 Å². The van der Waals surface area contributed by atoms with Crippen molar-refractivity contribution in [1.82, 2.24) is 9.80 Å². The maximum atomic E-state index is 12.5. The van der Waals surface area contributed by atoms with Gasteiger partial charge in [0.2, 0.25) is 0 Å². The summed E-state index contributed by atoms with van der Waals surface area (Å²) in [5.41, 5.74) is 0. The Hall–Kier alpha value is -1.26. The summed E-state index contributed by atoms with van der Waals surface area (Å²) in [5, 5.41) is 9.09. The first kappa shape index (κ1) is 14.2. The molecule has 1 heterocycles. The van der Waals surface area contributed by atoms with Crippen LogP contribution in [0.15, 0.2) is 0 Å². The Bertz CT molecular complexity index is 342. The van der Waals surface area contributed by atoms with Gasteiger partial charge in [-0.05, 0) is 32.1 Å². The van der Waals surface area contributed by atoms with E-state index in [0.29, 0.717) is 25.6 Å². The van der Waals surface area contributed by atoms with Crippen molar-refractivity contribution in [2.24, 2.45) is 5.92 Å². The van der Waals surface area contributed by atoms with Gasteiger partial charge in [0.15, 0.2) is 0 Å². The van der Waals surface area contributed by atoms with E-state index in [1.807, 2.05) is 4.90 Å². The predicted molar refractivity (Wildman–Crippen MR) is 72.0 cm³/mol. The minimum atomic E-state index is -0.774. The molecule has 2 rings (SSSR count). The average Bonchev–Trinajstić information content (AvgIpc) is 3.23. The molecule has 1 aliphatic heterocycles. The van der Waals surface area contributed by atoms with Gasteiger partial charge in [-0.1, -0.05) is 13.3 Å². The molecule has 2 fully saturated rings. The number of piperidine rings is 1. The fourth-order valence-electron chi connectivity index (χ4n) is 2.68. The van der Waals surface area contributed by atoms with Crippen LogP contribution in [0.2, 0.25) is 0 Å². The van der Waals surface area contributed by atoms with E-state index in [0.717, 1.165) is 38.6 Å². The highest BCUT2D eigenvalue weighted by molar-refractivity contribution is 5.77. The third-order valence-corrected chi connectivity index (χ3v) is 4.03. The molecule has 0 aromatic heterocycles. The topological polar surface area (TPSA) is 60.9 Å². The Morgan fingerprint density at radius 3 is 2.63 bits per heavy atom. The number of carbonyl (C=O) groups excluding carboxylic acids is 1. The number of rotatable bonds is 5. The second kappa shape index (κ2) is 6.26. The van der Waals surface area contributed by atoms with Crippen LogP contribution in [0.4, 0.5) is 4.79 Å². The molecular formula is C14H24N2O3. The number of hydrogen-bond acceptors (Lipinski definition) is 2. The van der Waals surface area contributed by atoms with Crippen LogP contribution >= 0.6 is 0 Å². The van der Waals surface area contributed by atoms with Gasteiger partial charge in [0.1, 0.15) is 0 Å². The first-order valence-electron chi connectivity index (χ1n) is 7.41. The molecule has 5 nitrogen and oxygen atoms in total. The zero-order chi connectivity index (χ0) is 13.8. The van der Waals surface area contributed by atoms with Crippen LogP contribution < -0.4 is 0 Å². The Morgan fingerprint density at radius 2 is 2.05 bits per heavy atom. The highest BCUT2D eigenvalue weighted by Gasteiger charge is 2.36. The molecule has 108 valence electrons. The molecule has 0 spiro atoms. The Kier molecular flexibility index (Phi) is 4.66. The number of carboxylic acids is 1. The van der Waals surface area contributed by atoms with Crippen molar-refractivity contribution in [3.63, 3.8) is 0 Å². The summed E-state index contributed by atoms with van der Waals surface area (Å²) in [5.74, 6) is -1.16. The normalized spacial score (nSPS) is 23.2. The maximum absolute atomic E-state index is 12.5. The van der Waals surface area contributed by atoms with E-state index in [4.69, 9.17) is 5.11 Å². The summed E-state index contributed by atoms with van der Waals surface area (Å²) in [6, 6.07) is 0.464. The Morgan fingerprint density at radius 1 is 1.32 bits per heavy atom. The molecule has 19 heavy (non-hydrogen) atoms. The number of aliphatic carboxylic acids is 1. The van der Waals surface area contributed by atoms with Crippen LogP contribution in [0.1, 0.15) is 45.4 Å². The maximum Gasteiger partial charge on any atom is 0.320 e. The van der Waals surface area contributed by atoms with Crippen LogP contribution in [-0.2, 0) is 4.79 Å².